The highest BCUT2D eigenvalue weighted by atomic mass is 79.9. The van der Waals surface area contributed by atoms with Gasteiger partial charge in [-0.1, -0.05) is 0 Å². The van der Waals surface area contributed by atoms with E-state index in [0.717, 1.165) is 36.1 Å². The van der Waals surface area contributed by atoms with E-state index in [1.807, 2.05) is 10.9 Å². The zero-order valence-corrected chi connectivity index (χ0v) is 12.2. The Labute approximate surface area is 116 Å². The van der Waals surface area contributed by atoms with Gasteiger partial charge in [0.25, 0.3) is 0 Å². The lowest BCUT2D eigenvalue weighted by molar-refractivity contribution is 0.0208. The largest absolute Gasteiger partial charge is 0.381 e. The van der Waals surface area contributed by atoms with Gasteiger partial charge in [-0.05, 0) is 34.7 Å². The molecule has 2 aliphatic rings. The van der Waals surface area contributed by atoms with Crippen molar-refractivity contribution in [2.75, 3.05) is 32.8 Å². The molecule has 2 fully saturated rings. The molecule has 0 aliphatic carbocycles. The fraction of sp³-hybridized carbons (Fsp3) is 0.769. The third-order valence-corrected chi connectivity index (χ3v) is 4.35. The van der Waals surface area contributed by atoms with Gasteiger partial charge in [0.05, 0.1) is 10.7 Å². The monoisotopic (exact) mass is 313 g/mol. The molecule has 0 radical (unpaired) electrons. The van der Waals surface area contributed by atoms with Gasteiger partial charge < -0.3 is 9.64 Å². The summed E-state index contributed by atoms with van der Waals surface area (Å²) in [6.45, 7) is 6.70. The third kappa shape index (κ3) is 3.13. The number of hydrogen-bond donors (Lipinski definition) is 0. The molecular formula is C13H20BrN3O. The van der Waals surface area contributed by atoms with Crippen molar-refractivity contribution in [1.29, 1.82) is 0 Å². The molecule has 18 heavy (non-hydrogen) atoms. The SMILES string of the molecule is Brc1cnn(CC2CN(CC3CCOCC3)C2)c1. The molecule has 0 unspecified atom stereocenters. The predicted molar refractivity (Wildman–Crippen MR) is 73.4 cm³/mol. The normalized spacial score (nSPS) is 23.2. The molecule has 0 bridgehead atoms. The maximum absolute atomic E-state index is 5.40. The minimum atomic E-state index is 0.775. The highest BCUT2D eigenvalue weighted by molar-refractivity contribution is 9.10. The number of ether oxygens (including phenoxy) is 1. The van der Waals surface area contributed by atoms with Gasteiger partial charge in [-0.3, -0.25) is 4.68 Å². The molecule has 0 N–H and O–H groups in total. The van der Waals surface area contributed by atoms with Crippen LogP contribution in [0.4, 0.5) is 0 Å². The van der Waals surface area contributed by atoms with Gasteiger partial charge in [0.15, 0.2) is 0 Å². The molecule has 3 heterocycles. The molecule has 100 valence electrons. The highest BCUT2D eigenvalue weighted by Gasteiger charge is 2.29. The summed E-state index contributed by atoms with van der Waals surface area (Å²) in [6.07, 6.45) is 6.40. The van der Waals surface area contributed by atoms with Crippen LogP contribution in [0.25, 0.3) is 0 Å². The topological polar surface area (TPSA) is 30.3 Å². The van der Waals surface area contributed by atoms with E-state index in [9.17, 15) is 0 Å². The average Bonchev–Trinajstić information content (AvgIpc) is 2.73. The van der Waals surface area contributed by atoms with E-state index in [4.69, 9.17) is 4.74 Å². The quantitative estimate of drug-likeness (QED) is 0.852. The van der Waals surface area contributed by atoms with Crippen LogP contribution in [0.5, 0.6) is 0 Å². The second kappa shape index (κ2) is 5.72. The lowest BCUT2D eigenvalue weighted by Gasteiger charge is -2.41. The minimum absolute atomic E-state index is 0.775. The molecule has 3 rings (SSSR count). The molecule has 1 aromatic rings. The summed E-state index contributed by atoms with van der Waals surface area (Å²) in [7, 11) is 0. The first kappa shape index (κ1) is 12.6. The Balaban J connectivity index is 1.37. The van der Waals surface area contributed by atoms with Crippen LogP contribution in [0.15, 0.2) is 16.9 Å². The smallest absolute Gasteiger partial charge is 0.0632 e. The van der Waals surface area contributed by atoms with Crippen LogP contribution >= 0.6 is 15.9 Å². The van der Waals surface area contributed by atoms with Gasteiger partial charge in [-0.15, -0.1) is 0 Å². The first-order valence-electron chi connectivity index (χ1n) is 6.77. The van der Waals surface area contributed by atoms with E-state index in [1.54, 1.807) is 0 Å². The lowest BCUT2D eigenvalue weighted by atomic mass is 9.94. The Kier molecular flexibility index (Phi) is 4.01. The number of aromatic nitrogens is 2. The van der Waals surface area contributed by atoms with Gasteiger partial charge in [0.1, 0.15) is 0 Å². The summed E-state index contributed by atoms with van der Waals surface area (Å²) in [5.74, 6) is 1.63. The van der Waals surface area contributed by atoms with Gasteiger partial charge in [-0.25, -0.2) is 0 Å². The molecule has 0 saturated carbocycles. The summed E-state index contributed by atoms with van der Waals surface area (Å²) in [6, 6.07) is 0. The summed E-state index contributed by atoms with van der Waals surface area (Å²) < 4.78 is 8.51. The van der Waals surface area contributed by atoms with E-state index >= 15 is 0 Å². The Hall–Kier alpha value is -0.390. The number of hydrogen-bond acceptors (Lipinski definition) is 3. The maximum Gasteiger partial charge on any atom is 0.0632 e. The average molecular weight is 314 g/mol. The van der Waals surface area contributed by atoms with Gasteiger partial charge >= 0.3 is 0 Å². The van der Waals surface area contributed by atoms with Crippen LogP contribution in [-0.4, -0.2) is 47.5 Å². The minimum Gasteiger partial charge on any atom is -0.381 e. The maximum atomic E-state index is 5.40. The summed E-state index contributed by atoms with van der Waals surface area (Å²) in [5, 5.41) is 4.31. The van der Waals surface area contributed by atoms with Crippen LogP contribution in [0.2, 0.25) is 0 Å². The van der Waals surface area contributed by atoms with Crippen molar-refractivity contribution in [2.24, 2.45) is 11.8 Å². The number of halogens is 1. The second-order valence-corrected chi connectivity index (χ2v) is 6.44. The van der Waals surface area contributed by atoms with Crippen molar-refractivity contribution in [3.63, 3.8) is 0 Å². The van der Waals surface area contributed by atoms with E-state index in [0.29, 0.717) is 0 Å². The molecule has 5 heteroatoms. The van der Waals surface area contributed by atoms with Crippen LogP contribution in [0, 0.1) is 11.8 Å². The van der Waals surface area contributed by atoms with Crippen LogP contribution < -0.4 is 0 Å². The van der Waals surface area contributed by atoms with E-state index in [1.165, 1.54) is 32.5 Å². The van der Waals surface area contributed by atoms with Crippen molar-refractivity contribution in [3.05, 3.63) is 16.9 Å². The fourth-order valence-corrected chi connectivity index (χ4v) is 3.27. The Morgan fingerprint density at radius 3 is 2.67 bits per heavy atom. The molecule has 0 atom stereocenters. The van der Waals surface area contributed by atoms with Crippen molar-refractivity contribution in [2.45, 2.75) is 19.4 Å². The Bertz CT molecular complexity index is 383. The van der Waals surface area contributed by atoms with Gasteiger partial charge in [-0.2, -0.15) is 5.10 Å². The molecule has 0 aromatic carbocycles. The second-order valence-electron chi connectivity index (χ2n) is 5.52. The summed E-state index contributed by atoms with van der Waals surface area (Å²) in [4.78, 5) is 2.58. The zero-order valence-electron chi connectivity index (χ0n) is 10.6. The molecule has 1 aromatic heterocycles. The van der Waals surface area contributed by atoms with Crippen molar-refractivity contribution in [3.8, 4) is 0 Å². The first-order chi connectivity index (χ1) is 8.79. The third-order valence-electron chi connectivity index (χ3n) is 3.94. The van der Waals surface area contributed by atoms with Crippen molar-refractivity contribution >= 4 is 15.9 Å². The molecule has 0 spiro atoms. The predicted octanol–water partition coefficient (Wildman–Crippen LogP) is 2.00. The fourth-order valence-electron chi connectivity index (χ4n) is 2.94. The Morgan fingerprint density at radius 2 is 2.00 bits per heavy atom. The highest BCUT2D eigenvalue weighted by Crippen LogP contribution is 2.23. The molecule has 4 nitrogen and oxygen atoms in total. The van der Waals surface area contributed by atoms with Crippen LogP contribution in [-0.2, 0) is 11.3 Å². The molecule has 2 saturated heterocycles. The van der Waals surface area contributed by atoms with E-state index < -0.39 is 0 Å². The molecular weight excluding hydrogens is 294 g/mol. The summed E-state index contributed by atoms with van der Waals surface area (Å²) >= 11 is 3.43. The van der Waals surface area contributed by atoms with Crippen LogP contribution in [0.1, 0.15) is 12.8 Å². The van der Waals surface area contributed by atoms with Crippen molar-refractivity contribution in [1.82, 2.24) is 14.7 Å². The summed E-state index contributed by atoms with van der Waals surface area (Å²) in [5.41, 5.74) is 0. The number of likely N-dealkylation sites (tertiary alicyclic amines) is 1. The van der Waals surface area contributed by atoms with Crippen molar-refractivity contribution < 1.29 is 4.74 Å². The van der Waals surface area contributed by atoms with E-state index in [2.05, 4.69) is 32.1 Å². The number of rotatable bonds is 4. The van der Waals surface area contributed by atoms with Gasteiger partial charge in [0, 0.05) is 51.5 Å². The first-order valence-corrected chi connectivity index (χ1v) is 7.57. The molecule has 2 aliphatic heterocycles. The van der Waals surface area contributed by atoms with E-state index in [-0.39, 0.29) is 0 Å². The number of nitrogens with zero attached hydrogens (tertiary/aromatic N) is 3. The standard InChI is InChI=1S/C13H20BrN3O/c14-13-5-15-17(10-13)9-12-7-16(8-12)6-11-1-3-18-4-2-11/h5,10-12H,1-4,6-9H2. The van der Waals surface area contributed by atoms with Gasteiger partial charge in [0.2, 0.25) is 0 Å². The zero-order chi connectivity index (χ0) is 12.4. The lowest BCUT2D eigenvalue weighted by Crippen LogP contribution is -2.50. The van der Waals surface area contributed by atoms with Crippen LogP contribution in [0.3, 0.4) is 0 Å². The molecule has 0 amide bonds. The Morgan fingerprint density at radius 1 is 1.22 bits per heavy atom.